The van der Waals surface area contributed by atoms with Crippen LogP contribution in [0.15, 0.2) is 40.4 Å². The van der Waals surface area contributed by atoms with Gasteiger partial charge >= 0.3 is 0 Å². The number of rotatable bonds is 13. The van der Waals surface area contributed by atoms with E-state index in [0.29, 0.717) is 44.0 Å². The van der Waals surface area contributed by atoms with E-state index >= 15 is 0 Å². The predicted octanol–water partition coefficient (Wildman–Crippen LogP) is 3.15. The average Bonchev–Trinajstić information content (AvgIpc) is 3.31. The highest BCUT2D eigenvalue weighted by Crippen LogP contribution is 2.40. The topological polar surface area (TPSA) is 109 Å². The number of oxime groups is 1. The largest absolute Gasteiger partial charge is 0.410 e. The number of amides is 1. The molecule has 224 valence electrons. The Morgan fingerprint density at radius 3 is 2.02 bits per heavy atom. The number of carbonyl (C=O) groups is 1. The van der Waals surface area contributed by atoms with Crippen LogP contribution in [0.2, 0.25) is 0 Å². The van der Waals surface area contributed by atoms with Crippen molar-refractivity contribution in [2.45, 2.75) is 45.6 Å². The molecule has 0 radical (unpaired) electrons. The fraction of sp³-hybridized carbons (Fsp3) is 0.533. The molecule has 1 amide bonds. The molecule has 2 aromatic rings. The van der Waals surface area contributed by atoms with Gasteiger partial charge in [-0.3, -0.25) is 4.79 Å². The summed E-state index contributed by atoms with van der Waals surface area (Å²) in [7, 11) is -1.68. The van der Waals surface area contributed by atoms with E-state index in [2.05, 4.69) is 52.9 Å². The first-order valence-corrected chi connectivity index (χ1v) is 16.1. The molecular weight excluding hydrogens is 540 g/mol. The first-order valence-electron chi connectivity index (χ1n) is 14.6. The van der Waals surface area contributed by atoms with Gasteiger partial charge in [0, 0.05) is 44.8 Å². The molecule has 0 aliphatic carbocycles. The molecule has 2 aromatic carbocycles. The second kappa shape index (κ2) is 13.4. The zero-order valence-electron chi connectivity index (χ0n) is 25.0. The number of sulfonamides is 1. The number of hydrogen-bond acceptors (Lipinski definition) is 8. The Kier molecular flexibility index (Phi) is 10.2. The molecular formula is C30H44N6O4S. The molecule has 0 saturated heterocycles. The van der Waals surface area contributed by atoms with Crippen LogP contribution in [-0.4, -0.2) is 110 Å². The van der Waals surface area contributed by atoms with E-state index in [1.807, 2.05) is 25.2 Å². The molecule has 0 fully saturated rings. The maximum atomic E-state index is 13.9. The van der Waals surface area contributed by atoms with Crippen molar-refractivity contribution in [1.29, 1.82) is 0 Å². The number of anilines is 1. The molecule has 2 heterocycles. The number of likely N-dealkylation sites (N-methyl/N-ethyl adjacent to an activating group) is 3. The van der Waals surface area contributed by atoms with Crippen molar-refractivity contribution < 1.29 is 18.4 Å². The normalized spacial score (nSPS) is 16.6. The fourth-order valence-electron chi connectivity index (χ4n) is 5.77. The fourth-order valence-corrected chi connectivity index (χ4v) is 7.19. The van der Waals surface area contributed by atoms with Gasteiger partial charge in [-0.15, -0.1) is 0 Å². The van der Waals surface area contributed by atoms with Gasteiger partial charge in [0.1, 0.15) is 0 Å². The van der Waals surface area contributed by atoms with E-state index in [4.69, 9.17) is 0 Å². The Bertz CT molecular complexity index is 1350. The lowest BCUT2D eigenvalue weighted by Gasteiger charge is -2.29. The minimum Gasteiger partial charge on any atom is -0.410 e. The summed E-state index contributed by atoms with van der Waals surface area (Å²) in [5, 5.41) is 15.7. The van der Waals surface area contributed by atoms with Gasteiger partial charge in [0.2, 0.25) is 10.0 Å². The second-order valence-electron chi connectivity index (χ2n) is 10.7. The monoisotopic (exact) mass is 584 g/mol. The van der Waals surface area contributed by atoms with Crippen molar-refractivity contribution in [3.05, 3.63) is 47.0 Å². The third kappa shape index (κ3) is 6.49. The summed E-state index contributed by atoms with van der Waals surface area (Å²) in [5.74, 6) is -0.425. The molecule has 10 nitrogen and oxygen atoms in total. The van der Waals surface area contributed by atoms with Gasteiger partial charge in [-0.1, -0.05) is 45.0 Å². The Morgan fingerprint density at radius 1 is 0.902 bits per heavy atom. The number of nitrogens with one attached hydrogen (secondary N) is 1. The van der Waals surface area contributed by atoms with Gasteiger partial charge in [0.15, 0.2) is 5.71 Å². The summed E-state index contributed by atoms with van der Waals surface area (Å²) in [6.07, 6.45) is 0.792. The Balaban J connectivity index is 1.68. The molecule has 0 aromatic heterocycles. The van der Waals surface area contributed by atoms with Crippen LogP contribution in [-0.2, 0) is 27.8 Å². The molecule has 4 rings (SSSR count). The third-order valence-corrected chi connectivity index (χ3v) is 10.4. The van der Waals surface area contributed by atoms with Crippen LogP contribution in [0.1, 0.15) is 44.4 Å². The summed E-state index contributed by atoms with van der Waals surface area (Å²) in [5.41, 5.74) is 5.18. The van der Waals surface area contributed by atoms with Crippen molar-refractivity contribution in [3.63, 3.8) is 0 Å². The standard InChI is InChI=1S/C30H44N6O4S/c1-6-34(7-2)16-18-36(19-17-35(8-3)9-4)41(39,40)23-12-10-22(11-13-23)25-20-26-28(31-30(37)29(26)32-38)27-21-33(5)15-14-24(25)27/h10-13,20,38H,6-9,14-19,21H2,1-5H3,(H,31,32,37). The maximum Gasteiger partial charge on any atom is 0.278 e. The zero-order chi connectivity index (χ0) is 29.7. The molecule has 0 atom stereocenters. The highest BCUT2D eigenvalue weighted by Gasteiger charge is 2.33. The number of hydrogen-bond donors (Lipinski definition) is 2. The van der Waals surface area contributed by atoms with Gasteiger partial charge in [-0.05, 0) is 80.1 Å². The first-order chi connectivity index (χ1) is 19.7. The van der Waals surface area contributed by atoms with Crippen molar-refractivity contribution in [2.75, 3.05) is 71.3 Å². The van der Waals surface area contributed by atoms with Crippen molar-refractivity contribution in [3.8, 4) is 11.1 Å². The maximum absolute atomic E-state index is 13.9. The van der Waals surface area contributed by atoms with Crippen LogP contribution in [0.5, 0.6) is 0 Å². The number of benzene rings is 2. The minimum absolute atomic E-state index is 0.00600. The van der Waals surface area contributed by atoms with Crippen LogP contribution in [0.3, 0.4) is 0 Å². The highest BCUT2D eigenvalue weighted by atomic mass is 32.2. The molecule has 41 heavy (non-hydrogen) atoms. The van der Waals surface area contributed by atoms with E-state index in [0.717, 1.165) is 61.4 Å². The summed E-state index contributed by atoms with van der Waals surface area (Å²) in [4.78, 5) is 19.4. The molecule has 11 heteroatoms. The molecule has 0 unspecified atom stereocenters. The van der Waals surface area contributed by atoms with Gasteiger partial charge < -0.3 is 25.2 Å². The van der Waals surface area contributed by atoms with E-state index in [1.54, 1.807) is 16.4 Å². The van der Waals surface area contributed by atoms with Crippen molar-refractivity contribution >= 4 is 27.3 Å². The summed E-state index contributed by atoms with van der Waals surface area (Å²) in [6, 6.07) is 8.95. The zero-order valence-corrected chi connectivity index (χ0v) is 25.8. The molecule has 0 spiro atoms. The van der Waals surface area contributed by atoms with Gasteiger partial charge in [0.25, 0.3) is 5.91 Å². The quantitative estimate of drug-likeness (QED) is 0.275. The van der Waals surface area contributed by atoms with E-state index in [1.165, 1.54) is 0 Å². The van der Waals surface area contributed by atoms with E-state index in [9.17, 15) is 18.4 Å². The average molecular weight is 585 g/mol. The first kappa shape index (κ1) is 31.1. The van der Waals surface area contributed by atoms with Crippen LogP contribution < -0.4 is 5.32 Å². The minimum atomic E-state index is -3.71. The van der Waals surface area contributed by atoms with Crippen LogP contribution >= 0.6 is 0 Å². The lowest BCUT2D eigenvalue weighted by molar-refractivity contribution is -0.110. The number of nitrogens with zero attached hydrogens (tertiary/aromatic N) is 5. The number of carbonyl (C=O) groups excluding carboxylic acids is 1. The van der Waals surface area contributed by atoms with Crippen molar-refractivity contribution in [1.82, 2.24) is 19.0 Å². The van der Waals surface area contributed by atoms with Crippen molar-refractivity contribution in [2.24, 2.45) is 5.16 Å². The summed E-state index contributed by atoms with van der Waals surface area (Å²) in [6.45, 7) is 15.6. The smallest absolute Gasteiger partial charge is 0.278 e. The SMILES string of the molecule is CCN(CC)CCN(CCN(CC)CC)S(=O)(=O)c1ccc(-c2cc3c(c4c2CCN(C)C4)NC(=O)/C3=N\O)cc1. The lowest BCUT2D eigenvalue weighted by atomic mass is 9.87. The van der Waals surface area contributed by atoms with Crippen LogP contribution in [0, 0.1) is 0 Å². The molecule has 2 N–H and O–H groups in total. The Morgan fingerprint density at radius 2 is 1.49 bits per heavy atom. The van der Waals surface area contributed by atoms with E-state index in [-0.39, 0.29) is 10.6 Å². The number of fused-ring (bicyclic) bond motifs is 3. The van der Waals surface area contributed by atoms with E-state index < -0.39 is 15.9 Å². The lowest BCUT2D eigenvalue weighted by Crippen LogP contribution is -2.42. The second-order valence-corrected chi connectivity index (χ2v) is 12.6. The van der Waals surface area contributed by atoms with Crippen LogP contribution in [0.4, 0.5) is 5.69 Å². The Labute approximate surface area is 244 Å². The summed E-state index contributed by atoms with van der Waals surface area (Å²) < 4.78 is 29.4. The van der Waals surface area contributed by atoms with Gasteiger partial charge in [-0.2, -0.15) is 4.31 Å². The predicted molar refractivity (Wildman–Crippen MR) is 163 cm³/mol. The summed E-state index contributed by atoms with van der Waals surface area (Å²) >= 11 is 0. The molecule has 0 saturated carbocycles. The van der Waals surface area contributed by atoms with Gasteiger partial charge in [-0.25, -0.2) is 8.42 Å². The van der Waals surface area contributed by atoms with Gasteiger partial charge in [0.05, 0.1) is 10.6 Å². The van der Waals surface area contributed by atoms with Crippen LogP contribution in [0.25, 0.3) is 11.1 Å². The molecule has 0 bridgehead atoms. The highest BCUT2D eigenvalue weighted by molar-refractivity contribution is 7.89. The molecule has 2 aliphatic heterocycles. The molecule has 2 aliphatic rings. The third-order valence-electron chi connectivity index (χ3n) is 8.45. The Hall–Kier alpha value is -2.83.